The second-order valence-corrected chi connectivity index (χ2v) is 7.69. The third kappa shape index (κ3) is 3.27. The normalized spacial score (nSPS) is 16.2. The van der Waals surface area contributed by atoms with Gasteiger partial charge in [-0.15, -0.1) is 0 Å². The Morgan fingerprint density at radius 3 is 2.65 bits per heavy atom. The predicted octanol–water partition coefficient (Wildman–Crippen LogP) is 3.94. The molecule has 0 saturated heterocycles. The summed E-state index contributed by atoms with van der Waals surface area (Å²) in [6, 6.07) is 7.80. The fourth-order valence-corrected chi connectivity index (χ4v) is 4.40. The molecule has 3 rings (SSSR count). The second-order valence-electron chi connectivity index (χ2n) is 6.26. The number of rotatable bonds is 3. The number of carbonyl (C=O) groups excluding carboxylic acids is 1. The Labute approximate surface area is 148 Å². The third-order valence-electron chi connectivity index (χ3n) is 4.73. The number of fused-ring (bicyclic) bond motifs is 1. The molecule has 0 aliphatic heterocycles. The summed E-state index contributed by atoms with van der Waals surface area (Å²) >= 11 is 0.802. The van der Waals surface area contributed by atoms with Gasteiger partial charge < -0.3 is 0 Å². The van der Waals surface area contributed by atoms with Crippen LogP contribution in [0.25, 0.3) is 10.9 Å². The molecule has 1 aromatic carbocycles. The van der Waals surface area contributed by atoms with Crippen molar-refractivity contribution < 1.29 is 26.1 Å². The Bertz CT molecular complexity index is 829. The van der Waals surface area contributed by atoms with Gasteiger partial charge >= 0.3 is 149 Å². The molecule has 1 aliphatic carbocycles. The van der Waals surface area contributed by atoms with Crippen LogP contribution in [0.15, 0.2) is 41.2 Å². The van der Waals surface area contributed by atoms with Crippen molar-refractivity contribution in [2.24, 2.45) is 5.92 Å². The SMILES string of the molecule is Cc1c(C(=O)/C=C/C2CCCCC2)c(=O)[n]([Ta])c2ccccc12. The molecule has 0 spiro atoms. The second kappa shape index (κ2) is 7.00. The summed E-state index contributed by atoms with van der Waals surface area (Å²) in [5.74, 6) is 0.341. The quantitative estimate of drug-likeness (QED) is 0.499. The number of pyridine rings is 1. The van der Waals surface area contributed by atoms with E-state index >= 15 is 0 Å². The molecule has 3 nitrogen and oxygen atoms in total. The van der Waals surface area contributed by atoms with Gasteiger partial charge in [0.05, 0.1) is 0 Å². The number of hydrogen-bond donors (Lipinski definition) is 0. The van der Waals surface area contributed by atoms with E-state index in [1.165, 1.54) is 19.3 Å². The number of nitrogens with zero attached hydrogens (tertiary/aromatic N) is 1. The van der Waals surface area contributed by atoms with Gasteiger partial charge in [0.1, 0.15) is 0 Å². The zero-order valence-electron chi connectivity index (χ0n) is 13.3. The van der Waals surface area contributed by atoms with Crippen LogP contribution < -0.4 is 5.56 Å². The molecule has 1 fully saturated rings. The number of aryl methyl sites for hydroxylation is 1. The van der Waals surface area contributed by atoms with Crippen molar-refractivity contribution in [1.82, 2.24) is 2.97 Å². The van der Waals surface area contributed by atoms with Crippen molar-refractivity contribution in [1.29, 1.82) is 0 Å². The molecule has 0 unspecified atom stereocenters. The van der Waals surface area contributed by atoms with Crippen LogP contribution in [0, 0.1) is 12.8 Å². The van der Waals surface area contributed by atoms with Crippen molar-refractivity contribution in [3.05, 3.63) is 57.9 Å². The maximum atomic E-state index is 12.6. The summed E-state index contributed by atoms with van der Waals surface area (Å²) in [6.07, 6.45) is 9.74. The summed E-state index contributed by atoms with van der Waals surface area (Å²) in [4.78, 5) is 25.3. The molecule has 0 amide bonds. The molecule has 4 heteroatoms. The maximum absolute atomic E-state index is 12.6. The first-order valence-electron chi connectivity index (χ1n) is 8.15. The first-order chi connectivity index (χ1) is 11.1. The Morgan fingerprint density at radius 1 is 1.22 bits per heavy atom. The molecule has 0 bridgehead atoms. The van der Waals surface area contributed by atoms with Crippen molar-refractivity contribution in [2.45, 2.75) is 39.0 Å². The van der Waals surface area contributed by atoms with Gasteiger partial charge in [-0.2, -0.15) is 0 Å². The third-order valence-corrected chi connectivity index (χ3v) is 6.16. The molecule has 118 valence electrons. The standard InChI is InChI=1S/C19H21NO2.Ta/c1-13-15-9-5-6-10-16(15)20-19(22)18(13)17(21)12-11-14-7-3-2-4-8-14;/h5-6,9-12,14H,2-4,7-8H2,1H3,(H,20,21,22);/q;+1/p-1/b12-11+;. The number of para-hydroxylation sites is 1. The fourth-order valence-electron chi connectivity index (χ4n) is 3.41. The molecule has 0 radical (unpaired) electrons. The Hall–Kier alpha value is -1.42. The fraction of sp³-hybridized carbons (Fsp3) is 0.368. The van der Waals surface area contributed by atoms with E-state index in [4.69, 9.17) is 0 Å². The monoisotopic (exact) mass is 475 g/mol. The van der Waals surface area contributed by atoms with Crippen molar-refractivity contribution >= 4 is 16.7 Å². The van der Waals surface area contributed by atoms with Crippen molar-refractivity contribution in [2.75, 3.05) is 0 Å². The number of allylic oxidation sites excluding steroid dienone is 2. The first-order valence-corrected chi connectivity index (χ1v) is 9.59. The van der Waals surface area contributed by atoms with Gasteiger partial charge in [-0.1, -0.05) is 0 Å². The number of benzene rings is 1. The van der Waals surface area contributed by atoms with Gasteiger partial charge in [0, 0.05) is 0 Å². The van der Waals surface area contributed by atoms with Crippen LogP contribution in [-0.4, -0.2) is 8.75 Å². The zero-order chi connectivity index (χ0) is 16.4. The molecule has 0 N–H and O–H groups in total. The van der Waals surface area contributed by atoms with E-state index in [9.17, 15) is 9.59 Å². The minimum absolute atomic E-state index is 0.149. The number of aromatic nitrogens is 1. The average molecular weight is 475 g/mol. The first kappa shape index (κ1) is 16.4. The van der Waals surface area contributed by atoms with E-state index in [1.807, 2.05) is 37.3 Å². The Morgan fingerprint density at radius 2 is 1.91 bits per heavy atom. The van der Waals surface area contributed by atoms with E-state index in [-0.39, 0.29) is 11.3 Å². The van der Waals surface area contributed by atoms with E-state index in [1.54, 1.807) is 9.05 Å². The van der Waals surface area contributed by atoms with Crippen LogP contribution in [-0.2, 0) is 21.3 Å². The molecule has 1 aliphatic rings. The van der Waals surface area contributed by atoms with Crippen LogP contribution in [0.1, 0.15) is 48.0 Å². The van der Waals surface area contributed by atoms with Crippen LogP contribution in [0.3, 0.4) is 0 Å². The van der Waals surface area contributed by atoms with Crippen LogP contribution in [0.4, 0.5) is 0 Å². The van der Waals surface area contributed by atoms with Gasteiger partial charge in [0.25, 0.3) is 0 Å². The van der Waals surface area contributed by atoms with Crippen molar-refractivity contribution in [3.8, 4) is 0 Å². The van der Waals surface area contributed by atoms with Crippen LogP contribution >= 0.6 is 0 Å². The summed E-state index contributed by atoms with van der Waals surface area (Å²) in [5, 5.41) is 0.990. The molecule has 2 aromatic rings. The summed E-state index contributed by atoms with van der Waals surface area (Å²) in [5.41, 5.74) is 1.88. The zero-order valence-corrected chi connectivity index (χ0v) is 16.5. The summed E-state index contributed by atoms with van der Waals surface area (Å²) in [6.45, 7) is 1.88. The average Bonchev–Trinajstić information content (AvgIpc) is 2.59. The van der Waals surface area contributed by atoms with Gasteiger partial charge in [-0.05, 0) is 0 Å². The van der Waals surface area contributed by atoms with E-state index in [0.29, 0.717) is 11.5 Å². The molecular formula is C19H20NO2Ta. The molecule has 1 saturated carbocycles. The van der Waals surface area contributed by atoms with E-state index in [2.05, 4.69) is 0 Å². The van der Waals surface area contributed by atoms with Gasteiger partial charge in [-0.25, -0.2) is 0 Å². The molecule has 1 heterocycles. The predicted molar refractivity (Wildman–Crippen MR) is 88.4 cm³/mol. The van der Waals surface area contributed by atoms with E-state index < -0.39 is 0 Å². The van der Waals surface area contributed by atoms with Gasteiger partial charge in [0.15, 0.2) is 0 Å². The number of ketones is 1. The Kier molecular flexibility index (Phi) is 5.00. The number of carbonyl (C=O) groups is 1. The van der Waals surface area contributed by atoms with Crippen LogP contribution in [0.5, 0.6) is 0 Å². The molecule has 0 atom stereocenters. The number of hydrogen-bond acceptors (Lipinski definition) is 2. The van der Waals surface area contributed by atoms with Gasteiger partial charge in [-0.3, -0.25) is 0 Å². The van der Waals surface area contributed by atoms with Crippen molar-refractivity contribution in [3.63, 3.8) is 0 Å². The summed E-state index contributed by atoms with van der Waals surface area (Å²) < 4.78 is 1.68. The summed E-state index contributed by atoms with van der Waals surface area (Å²) in [7, 11) is 0. The molecule has 23 heavy (non-hydrogen) atoms. The molecule has 1 aromatic heterocycles. The Balaban J connectivity index is 2.00. The van der Waals surface area contributed by atoms with E-state index in [0.717, 1.165) is 50.6 Å². The molecular weight excluding hydrogens is 455 g/mol. The van der Waals surface area contributed by atoms with Crippen LogP contribution in [0.2, 0.25) is 0 Å². The topological polar surface area (TPSA) is 39.1 Å². The minimum atomic E-state index is -0.159. The van der Waals surface area contributed by atoms with Gasteiger partial charge in [0.2, 0.25) is 0 Å².